The van der Waals surface area contributed by atoms with E-state index in [1.165, 1.54) is 20.0 Å². The minimum Gasteiger partial charge on any atom is -0.475 e. The lowest BCUT2D eigenvalue weighted by Gasteiger charge is -2.28. The largest absolute Gasteiger partial charge is 0.475 e. The van der Waals surface area contributed by atoms with Crippen LogP contribution in [0.1, 0.15) is 24.8 Å². The molecule has 1 N–H and O–H groups in total. The summed E-state index contributed by atoms with van der Waals surface area (Å²) >= 11 is 0. The molecule has 1 atom stereocenters. The molecule has 0 spiro atoms. The van der Waals surface area contributed by atoms with Crippen molar-refractivity contribution in [2.75, 3.05) is 26.8 Å². The Morgan fingerprint density at radius 3 is 2.76 bits per heavy atom. The second-order valence-electron chi connectivity index (χ2n) is 6.47. The first-order valence-electron chi connectivity index (χ1n) is 8.52. The molecule has 0 bridgehead atoms. The van der Waals surface area contributed by atoms with E-state index in [0.717, 1.165) is 25.1 Å². The van der Waals surface area contributed by atoms with Gasteiger partial charge in [-0.05, 0) is 37.4 Å². The van der Waals surface area contributed by atoms with Gasteiger partial charge in [-0.15, -0.1) is 0 Å². The second-order valence-corrected chi connectivity index (χ2v) is 6.47. The van der Waals surface area contributed by atoms with Gasteiger partial charge in [0.15, 0.2) is 12.4 Å². The van der Waals surface area contributed by atoms with Gasteiger partial charge in [-0.1, -0.05) is 6.07 Å². The van der Waals surface area contributed by atoms with Crippen LogP contribution in [-0.2, 0) is 16.1 Å². The fraction of sp³-hybridized carbons (Fsp3) is 0.588. The van der Waals surface area contributed by atoms with Crippen molar-refractivity contribution in [2.45, 2.75) is 37.9 Å². The van der Waals surface area contributed by atoms with E-state index in [0.29, 0.717) is 18.6 Å². The predicted molar refractivity (Wildman–Crippen MR) is 90.4 cm³/mol. The average Bonchev–Trinajstić information content (AvgIpc) is 3.31. The zero-order chi connectivity index (χ0) is 17.8. The Morgan fingerprint density at radius 1 is 1.36 bits per heavy atom. The van der Waals surface area contributed by atoms with Gasteiger partial charge in [-0.3, -0.25) is 15.0 Å². The van der Waals surface area contributed by atoms with Gasteiger partial charge in [0.2, 0.25) is 0 Å². The number of carbonyl (C=O) groups excluding carboxylic acids is 1. The Morgan fingerprint density at radius 2 is 2.16 bits per heavy atom. The van der Waals surface area contributed by atoms with E-state index < -0.39 is 10.9 Å². The van der Waals surface area contributed by atoms with Gasteiger partial charge in [0.25, 0.3) is 0 Å². The number of benzene rings is 1. The molecule has 8 nitrogen and oxygen atoms in total. The summed E-state index contributed by atoms with van der Waals surface area (Å²) < 4.78 is 9.72. The van der Waals surface area contributed by atoms with Crippen LogP contribution in [0.25, 0.3) is 0 Å². The summed E-state index contributed by atoms with van der Waals surface area (Å²) in [5, 5.41) is 14.7. The summed E-state index contributed by atoms with van der Waals surface area (Å²) in [6, 6.07) is 6.01. The maximum absolute atomic E-state index is 11.4. The van der Waals surface area contributed by atoms with E-state index in [1.807, 2.05) is 6.07 Å². The molecule has 1 aliphatic carbocycles. The van der Waals surface area contributed by atoms with E-state index in [2.05, 4.69) is 15.0 Å². The maximum atomic E-state index is 11.4. The first-order valence-corrected chi connectivity index (χ1v) is 8.52. The molecular weight excluding hydrogens is 326 g/mol. The number of hydrogen-bond donors (Lipinski definition) is 1. The molecule has 2 aliphatic rings. The first-order chi connectivity index (χ1) is 12.1. The van der Waals surface area contributed by atoms with Crippen molar-refractivity contribution in [3.05, 3.63) is 33.9 Å². The lowest BCUT2D eigenvalue weighted by Crippen LogP contribution is -2.38. The number of rotatable bonds is 8. The summed E-state index contributed by atoms with van der Waals surface area (Å²) in [6.07, 6.45) is 3.50. The van der Waals surface area contributed by atoms with Crippen molar-refractivity contribution in [1.29, 1.82) is 0 Å². The fourth-order valence-electron chi connectivity index (χ4n) is 3.22. The number of esters is 1. The minimum atomic E-state index is -0.577. The third-order valence-electron chi connectivity index (χ3n) is 4.68. The van der Waals surface area contributed by atoms with Gasteiger partial charge in [0.05, 0.1) is 12.0 Å². The third kappa shape index (κ3) is 4.46. The van der Waals surface area contributed by atoms with Crippen molar-refractivity contribution in [3.8, 4) is 5.75 Å². The Bertz CT molecular complexity index is 641. The number of nitrogens with zero attached hydrogens (tertiary/aromatic N) is 2. The van der Waals surface area contributed by atoms with Crippen LogP contribution in [0, 0.1) is 10.1 Å². The van der Waals surface area contributed by atoms with E-state index >= 15 is 0 Å². The van der Waals surface area contributed by atoms with Gasteiger partial charge in [0, 0.05) is 31.2 Å². The molecule has 1 unspecified atom stereocenters. The Kier molecular flexibility index (Phi) is 5.50. The molecule has 0 aromatic heterocycles. The zero-order valence-corrected chi connectivity index (χ0v) is 14.3. The van der Waals surface area contributed by atoms with Crippen LogP contribution >= 0.6 is 0 Å². The van der Waals surface area contributed by atoms with Crippen molar-refractivity contribution in [1.82, 2.24) is 10.2 Å². The molecule has 1 aromatic carbocycles. The van der Waals surface area contributed by atoms with E-state index in [1.54, 1.807) is 12.1 Å². The molecule has 3 rings (SSSR count). The van der Waals surface area contributed by atoms with Crippen LogP contribution in [0.4, 0.5) is 5.69 Å². The van der Waals surface area contributed by atoms with Crippen LogP contribution in [0.15, 0.2) is 18.2 Å². The van der Waals surface area contributed by atoms with Gasteiger partial charge < -0.3 is 14.8 Å². The SMILES string of the molecule is COC(=O)COc1ccc(CN(C2CC2)C2CCNC2)cc1[N+](=O)[O-]. The topological polar surface area (TPSA) is 93.9 Å². The standard InChI is InChI=1S/C17H23N3O5/c1-24-17(21)11-25-16-5-2-12(8-15(16)20(22)23)10-19(13-3-4-13)14-6-7-18-9-14/h2,5,8,13-14,18H,3-4,6-7,9-11H2,1H3. The molecule has 1 heterocycles. The Hall–Kier alpha value is -2.19. The second kappa shape index (κ2) is 7.79. The number of carbonyl (C=O) groups is 1. The van der Waals surface area contributed by atoms with E-state index in [-0.39, 0.29) is 18.0 Å². The van der Waals surface area contributed by atoms with Crippen LogP contribution in [0.5, 0.6) is 5.75 Å². The van der Waals surface area contributed by atoms with Crippen LogP contribution in [0.2, 0.25) is 0 Å². The quantitative estimate of drug-likeness (QED) is 0.431. The summed E-state index contributed by atoms with van der Waals surface area (Å²) in [7, 11) is 1.24. The number of ether oxygens (including phenoxy) is 2. The van der Waals surface area contributed by atoms with Crippen molar-refractivity contribution >= 4 is 11.7 Å². The number of nitrogens with one attached hydrogen (secondary N) is 1. The van der Waals surface area contributed by atoms with Gasteiger partial charge >= 0.3 is 11.7 Å². The van der Waals surface area contributed by atoms with Crippen molar-refractivity contribution < 1.29 is 19.2 Å². The molecule has 2 fully saturated rings. The number of methoxy groups -OCH3 is 1. The van der Waals surface area contributed by atoms with Gasteiger partial charge in [-0.2, -0.15) is 0 Å². The molecule has 1 saturated carbocycles. The van der Waals surface area contributed by atoms with Gasteiger partial charge in [0.1, 0.15) is 0 Å². The normalized spacial score (nSPS) is 19.8. The highest BCUT2D eigenvalue weighted by Gasteiger charge is 2.35. The molecule has 136 valence electrons. The summed E-state index contributed by atoms with van der Waals surface area (Å²) in [5.74, 6) is -0.494. The van der Waals surface area contributed by atoms with Crippen molar-refractivity contribution in [3.63, 3.8) is 0 Å². The third-order valence-corrected chi connectivity index (χ3v) is 4.68. The van der Waals surface area contributed by atoms with Gasteiger partial charge in [-0.25, -0.2) is 4.79 Å². The molecule has 1 aliphatic heterocycles. The molecule has 25 heavy (non-hydrogen) atoms. The minimum absolute atomic E-state index is 0.0830. The van der Waals surface area contributed by atoms with Crippen LogP contribution < -0.4 is 10.1 Å². The highest BCUT2D eigenvalue weighted by molar-refractivity contribution is 5.71. The lowest BCUT2D eigenvalue weighted by molar-refractivity contribution is -0.385. The number of nitro benzene ring substituents is 1. The average molecular weight is 349 g/mol. The molecule has 0 amide bonds. The van der Waals surface area contributed by atoms with E-state index in [4.69, 9.17) is 4.74 Å². The van der Waals surface area contributed by atoms with E-state index in [9.17, 15) is 14.9 Å². The number of nitro groups is 1. The summed E-state index contributed by atoms with van der Waals surface area (Å²) in [4.78, 5) is 24.5. The zero-order valence-electron chi connectivity index (χ0n) is 14.3. The first kappa shape index (κ1) is 17.6. The van der Waals surface area contributed by atoms with Crippen LogP contribution in [-0.4, -0.2) is 54.7 Å². The molecule has 1 aromatic rings. The Labute approximate surface area is 146 Å². The Balaban J connectivity index is 1.73. The lowest BCUT2D eigenvalue weighted by atomic mass is 10.1. The molecule has 8 heteroatoms. The monoisotopic (exact) mass is 349 g/mol. The molecular formula is C17H23N3O5. The highest BCUT2D eigenvalue weighted by atomic mass is 16.6. The summed E-state index contributed by atoms with van der Waals surface area (Å²) in [6.45, 7) is 2.33. The predicted octanol–water partition coefficient (Wildman–Crippen LogP) is 1.47. The molecule has 1 saturated heterocycles. The van der Waals surface area contributed by atoms with Crippen molar-refractivity contribution in [2.24, 2.45) is 0 Å². The van der Waals surface area contributed by atoms with Crippen LogP contribution in [0.3, 0.4) is 0 Å². The molecule has 0 radical (unpaired) electrons. The number of hydrogen-bond acceptors (Lipinski definition) is 7. The summed E-state index contributed by atoms with van der Waals surface area (Å²) in [5.41, 5.74) is 0.762. The fourth-order valence-corrected chi connectivity index (χ4v) is 3.22. The maximum Gasteiger partial charge on any atom is 0.343 e. The smallest absolute Gasteiger partial charge is 0.343 e. The highest BCUT2D eigenvalue weighted by Crippen LogP contribution is 2.34.